The number of aromatic nitrogens is 4. The predicted octanol–water partition coefficient (Wildman–Crippen LogP) is 2.80. The van der Waals surface area contributed by atoms with Gasteiger partial charge in [-0.1, -0.05) is 55.3 Å². The fourth-order valence-corrected chi connectivity index (χ4v) is 3.73. The highest BCUT2D eigenvalue weighted by Gasteiger charge is 2.27. The molecule has 2 aromatic carbocycles. The van der Waals surface area contributed by atoms with Gasteiger partial charge in [-0.05, 0) is 39.6 Å². The van der Waals surface area contributed by atoms with Crippen molar-refractivity contribution in [2.24, 2.45) is 0 Å². The highest BCUT2D eigenvalue weighted by atomic mass is 16.2. The first-order valence-electron chi connectivity index (χ1n) is 8.78. The number of hydrogen-bond donors (Lipinski definition) is 0. The molecule has 1 amide bonds. The van der Waals surface area contributed by atoms with Gasteiger partial charge >= 0.3 is 0 Å². The normalized spacial score (nSPS) is 14.9. The summed E-state index contributed by atoms with van der Waals surface area (Å²) in [7, 11) is 0. The summed E-state index contributed by atoms with van der Waals surface area (Å²) in [6, 6.07) is 14.9. The third-order valence-electron chi connectivity index (χ3n) is 5.00. The van der Waals surface area contributed by atoms with Gasteiger partial charge in [0.05, 0.1) is 0 Å². The molecule has 1 heterocycles. The van der Waals surface area contributed by atoms with Gasteiger partial charge in [0.25, 0.3) is 0 Å². The van der Waals surface area contributed by atoms with E-state index >= 15 is 0 Å². The van der Waals surface area contributed by atoms with Crippen LogP contribution in [0.25, 0.3) is 10.8 Å². The Bertz CT molecular complexity index is 850. The molecule has 0 spiro atoms. The van der Waals surface area contributed by atoms with Crippen LogP contribution in [0.1, 0.15) is 31.2 Å². The van der Waals surface area contributed by atoms with Crippen molar-refractivity contribution < 1.29 is 4.79 Å². The molecule has 0 N–H and O–H groups in total. The average molecular weight is 335 g/mol. The monoisotopic (exact) mass is 335 g/mol. The molecule has 0 saturated heterocycles. The van der Waals surface area contributed by atoms with Gasteiger partial charge in [-0.25, -0.2) is 4.68 Å². The molecule has 25 heavy (non-hydrogen) atoms. The van der Waals surface area contributed by atoms with Crippen LogP contribution in [0, 0.1) is 0 Å². The van der Waals surface area contributed by atoms with Crippen molar-refractivity contribution in [1.29, 1.82) is 0 Å². The van der Waals surface area contributed by atoms with E-state index in [0.717, 1.165) is 12.8 Å². The van der Waals surface area contributed by atoms with Crippen LogP contribution in [0.4, 0.5) is 0 Å². The molecule has 1 aliphatic carbocycles. The Morgan fingerprint density at radius 3 is 2.72 bits per heavy atom. The molecule has 4 rings (SSSR count). The summed E-state index contributed by atoms with van der Waals surface area (Å²) in [5.74, 6) is 0.0761. The maximum atomic E-state index is 12.9. The van der Waals surface area contributed by atoms with E-state index in [1.54, 1.807) is 0 Å². The number of tetrazole rings is 1. The lowest BCUT2D eigenvalue weighted by atomic mass is 10.0. The summed E-state index contributed by atoms with van der Waals surface area (Å²) in [6.07, 6.45) is 6.02. The molecule has 0 radical (unpaired) electrons. The molecule has 0 atom stereocenters. The van der Waals surface area contributed by atoms with Crippen molar-refractivity contribution >= 4 is 16.7 Å². The molecular weight excluding hydrogens is 314 g/mol. The van der Waals surface area contributed by atoms with Gasteiger partial charge in [0.1, 0.15) is 12.9 Å². The molecule has 1 aromatic heterocycles. The predicted molar refractivity (Wildman–Crippen MR) is 94.6 cm³/mol. The van der Waals surface area contributed by atoms with Crippen LogP contribution in [0.5, 0.6) is 0 Å². The van der Waals surface area contributed by atoms with Crippen LogP contribution >= 0.6 is 0 Å². The molecule has 1 saturated carbocycles. The standard InChI is InChI=1S/C19H21N5O/c25-19(13-23-14-20-21-22-23)24(17-9-2-3-10-17)12-16-8-5-7-15-6-1-4-11-18(15)16/h1,4-8,11,14,17H,2-3,9-10,12-13H2. The molecule has 0 aliphatic heterocycles. The topological polar surface area (TPSA) is 63.9 Å². The maximum absolute atomic E-state index is 12.9. The molecule has 1 aliphatic rings. The lowest BCUT2D eigenvalue weighted by Gasteiger charge is -2.29. The van der Waals surface area contributed by atoms with E-state index in [-0.39, 0.29) is 12.5 Å². The van der Waals surface area contributed by atoms with Crippen molar-refractivity contribution in [3.63, 3.8) is 0 Å². The number of carbonyl (C=O) groups excluding carboxylic acids is 1. The largest absolute Gasteiger partial charge is 0.334 e. The van der Waals surface area contributed by atoms with E-state index in [1.807, 2.05) is 11.0 Å². The minimum absolute atomic E-state index is 0.0761. The lowest BCUT2D eigenvalue weighted by molar-refractivity contribution is -0.135. The second-order valence-corrected chi connectivity index (χ2v) is 6.61. The Balaban J connectivity index is 1.62. The van der Waals surface area contributed by atoms with E-state index in [9.17, 15) is 4.79 Å². The Kier molecular flexibility index (Phi) is 4.41. The van der Waals surface area contributed by atoms with E-state index in [1.165, 1.54) is 40.2 Å². The Labute approximate surface area is 146 Å². The Morgan fingerprint density at radius 1 is 1.12 bits per heavy atom. The summed E-state index contributed by atoms with van der Waals surface area (Å²) < 4.78 is 1.49. The highest BCUT2D eigenvalue weighted by Crippen LogP contribution is 2.27. The molecule has 0 bridgehead atoms. The molecule has 6 nitrogen and oxygen atoms in total. The fraction of sp³-hybridized carbons (Fsp3) is 0.368. The quantitative estimate of drug-likeness (QED) is 0.719. The van der Waals surface area contributed by atoms with Gasteiger partial charge < -0.3 is 4.90 Å². The molecule has 128 valence electrons. The van der Waals surface area contributed by atoms with Crippen LogP contribution in [0.15, 0.2) is 48.8 Å². The van der Waals surface area contributed by atoms with Crippen LogP contribution < -0.4 is 0 Å². The zero-order valence-corrected chi connectivity index (χ0v) is 14.1. The number of amides is 1. The Morgan fingerprint density at radius 2 is 1.92 bits per heavy atom. The molecule has 0 unspecified atom stereocenters. The van der Waals surface area contributed by atoms with Gasteiger partial charge in [0, 0.05) is 12.6 Å². The van der Waals surface area contributed by atoms with E-state index in [2.05, 4.69) is 51.9 Å². The molecule has 1 fully saturated rings. The third-order valence-corrected chi connectivity index (χ3v) is 5.00. The second kappa shape index (κ2) is 7.01. The van der Waals surface area contributed by atoms with Crippen LogP contribution in [-0.2, 0) is 17.9 Å². The molecule has 6 heteroatoms. The van der Waals surface area contributed by atoms with E-state index < -0.39 is 0 Å². The number of benzene rings is 2. The van der Waals surface area contributed by atoms with Crippen molar-refractivity contribution in [1.82, 2.24) is 25.1 Å². The van der Waals surface area contributed by atoms with Crippen LogP contribution in [0.2, 0.25) is 0 Å². The summed E-state index contributed by atoms with van der Waals surface area (Å²) in [6.45, 7) is 0.821. The first-order chi connectivity index (χ1) is 12.3. The third kappa shape index (κ3) is 3.38. The summed E-state index contributed by atoms with van der Waals surface area (Å²) in [4.78, 5) is 15.0. The van der Waals surface area contributed by atoms with E-state index in [0.29, 0.717) is 12.6 Å². The minimum atomic E-state index is 0.0761. The number of hydrogen-bond acceptors (Lipinski definition) is 4. The second-order valence-electron chi connectivity index (χ2n) is 6.61. The zero-order valence-electron chi connectivity index (χ0n) is 14.1. The van der Waals surface area contributed by atoms with Gasteiger partial charge in [-0.15, -0.1) is 5.10 Å². The fourth-order valence-electron chi connectivity index (χ4n) is 3.73. The van der Waals surface area contributed by atoms with Gasteiger partial charge in [0.15, 0.2) is 0 Å². The number of carbonyl (C=O) groups is 1. The first-order valence-corrected chi connectivity index (χ1v) is 8.78. The average Bonchev–Trinajstić information content (AvgIpc) is 3.33. The summed E-state index contributed by atoms with van der Waals surface area (Å²) >= 11 is 0. The zero-order chi connectivity index (χ0) is 17.1. The van der Waals surface area contributed by atoms with Crippen molar-refractivity contribution in [3.8, 4) is 0 Å². The van der Waals surface area contributed by atoms with E-state index in [4.69, 9.17) is 0 Å². The van der Waals surface area contributed by atoms with Crippen molar-refractivity contribution in [2.45, 2.75) is 44.8 Å². The molecule has 3 aromatic rings. The highest BCUT2D eigenvalue weighted by molar-refractivity contribution is 5.86. The molecular formula is C19H21N5O. The Hall–Kier alpha value is -2.76. The summed E-state index contributed by atoms with van der Waals surface area (Å²) in [5, 5.41) is 13.5. The number of rotatable bonds is 5. The van der Waals surface area contributed by atoms with Crippen LogP contribution in [0.3, 0.4) is 0 Å². The van der Waals surface area contributed by atoms with Crippen LogP contribution in [-0.4, -0.2) is 37.1 Å². The van der Waals surface area contributed by atoms with Gasteiger partial charge in [0.2, 0.25) is 5.91 Å². The SMILES string of the molecule is O=C(Cn1cnnn1)N(Cc1cccc2ccccc12)C1CCCC1. The number of nitrogens with zero attached hydrogens (tertiary/aromatic N) is 5. The van der Waals surface area contributed by atoms with Gasteiger partial charge in [-0.3, -0.25) is 4.79 Å². The van der Waals surface area contributed by atoms with Crippen molar-refractivity contribution in [3.05, 3.63) is 54.4 Å². The summed E-state index contributed by atoms with van der Waals surface area (Å²) in [5.41, 5.74) is 1.19. The minimum Gasteiger partial charge on any atom is -0.334 e. The first kappa shape index (κ1) is 15.7. The lowest BCUT2D eigenvalue weighted by Crippen LogP contribution is -2.40. The maximum Gasteiger partial charge on any atom is 0.244 e. The number of fused-ring (bicyclic) bond motifs is 1. The van der Waals surface area contributed by atoms with Gasteiger partial charge in [-0.2, -0.15) is 0 Å². The smallest absolute Gasteiger partial charge is 0.244 e. The van der Waals surface area contributed by atoms with Crippen molar-refractivity contribution in [2.75, 3.05) is 0 Å².